The van der Waals surface area contributed by atoms with E-state index in [0.717, 1.165) is 18.9 Å². The van der Waals surface area contributed by atoms with Gasteiger partial charge in [-0.05, 0) is 36.6 Å². The van der Waals surface area contributed by atoms with Crippen LogP contribution in [-0.2, 0) is 21.2 Å². The Balaban J connectivity index is 1.50. The maximum Gasteiger partial charge on any atom is 0.243 e. The lowest BCUT2D eigenvalue weighted by Gasteiger charge is -2.34. The number of sulfonamides is 1. The Morgan fingerprint density at radius 1 is 0.963 bits per heavy atom. The number of hydrogen-bond acceptors (Lipinski definition) is 3. The van der Waals surface area contributed by atoms with Crippen LogP contribution < -0.4 is 0 Å². The van der Waals surface area contributed by atoms with Crippen LogP contribution in [0.2, 0.25) is 0 Å². The fourth-order valence-corrected chi connectivity index (χ4v) is 4.66. The number of carbonyl (C=O) groups is 1. The Kier molecular flexibility index (Phi) is 6.23. The minimum Gasteiger partial charge on any atom is -0.340 e. The lowest BCUT2D eigenvalue weighted by molar-refractivity contribution is -0.132. The van der Waals surface area contributed by atoms with Crippen LogP contribution in [0.4, 0.5) is 4.39 Å². The molecule has 1 heterocycles. The Morgan fingerprint density at radius 2 is 1.67 bits per heavy atom. The molecule has 7 heteroatoms. The first kappa shape index (κ1) is 19.5. The summed E-state index contributed by atoms with van der Waals surface area (Å²) >= 11 is 0. The fraction of sp³-hybridized carbons (Fsp3) is 0.350. The molecular weight excluding hydrogens is 367 g/mol. The molecule has 1 saturated heterocycles. The SMILES string of the molecule is O=C(CCCc1ccccc1)N1CCN(S(=O)(=O)c2cccc(F)c2)CC1. The van der Waals surface area contributed by atoms with E-state index in [4.69, 9.17) is 0 Å². The molecule has 0 N–H and O–H groups in total. The molecule has 0 bridgehead atoms. The number of nitrogens with zero attached hydrogens (tertiary/aromatic N) is 2. The first-order chi connectivity index (χ1) is 13.0. The van der Waals surface area contributed by atoms with E-state index in [1.165, 1.54) is 28.1 Å². The highest BCUT2D eigenvalue weighted by Gasteiger charge is 2.30. The largest absolute Gasteiger partial charge is 0.340 e. The molecule has 1 aliphatic rings. The van der Waals surface area contributed by atoms with Crippen molar-refractivity contribution in [1.29, 1.82) is 0 Å². The number of aryl methyl sites for hydroxylation is 1. The highest BCUT2D eigenvalue weighted by molar-refractivity contribution is 7.89. The minimum atomic E-state index is -3.73. The molecule has 0 atom stereocenters. The van der Waals surface area contributed by atoms with Gasteiger partial charge in [0, 0.05) is 32.6 Å². The summed E-state index contributed by atoms with van der Waals surface area (Å²) in [6, 6.07) is 15.0. The van der Waals surface area contributed by atoms with Gasteiger partial charge < -0.3 is 4.90 Å². The first-order valence-electron chi connectivity index (χ1n) is 9.04. The van der Waals surface area contributed by atoms with Crippen LogP contribution in [0.3, 0.4) is 0 Å². The van der Waals surface area contributed by atoms with Gasteiger partial charge in [0.25, 0.3) is 0 Å². The van der Waals surface area contributed by atoms with Gasteiger partial charge >= 0.3 is 0 Å². The number of amides is 1. The van der Waals surface area contributed by atoms with Crippen molar-refractivity contribution in [3.05, 3.63) is 66.0 Å². The monoisotopic (exact) mass is 390 g/mol. The normalized spacial score (nSPS) is 15.7. The molecule has 2 aromatic carbocycles. The fourth-order valence-electron chi connectivity index (χ4n) is 3.20. The van der Waals surface area contributed by atoms with Gasteiger partial charge in [0.1, 0.15) is 5.82 Å². The van der Waals surface area contributed by atoms with Crippen LogP contribution in [0, 0.1) is 5.82 Å². The zero-order valence-corrected chi connectivity index (χ0v) is 15.9. The number of rotatable bonds is 6. The summed E-state index contributed by atoms with van der Waals surface area (Å²) in [7, 11) is -3.73. The van der Waals surface area contributed by atoms with E-state index in [1.807, 2.05) is 30.3 Å². The van der Waals surface area contributed by atoms with E-state index < -0.39 is 15.8 Å². The number of carbonyl (C=O) groups excluding carboxylic acids is 1. The summed E-state index contributed by atoms with van der Waals surface area (Å²) in [6.07, 6.45) is 2.07. The molecule has 0 saturated carbocycles. The third kappa shape index (κ3) is 4.93. The van der Waals surface area contributed by atoms with Crippen molar-refractivity contribution < 1.29 is 17.6 Å². The molecular formula is C20H23FN2O3S. The molecule has 0 aromatic heterocycles. The van der Waals surface area contributed by atoms with Crippen LogP contribution in [0.25, 0.3) is 0 Å². The van der Waals surface area contributed by atoms with Crippen molar-refractivity contribution in [3.8, 4) is 0 Å². The Labute approximate surface area is 159 Å². The second-order valence-corrected chi connectivity index (χ2v) is 8.52. The van der Waals surface area contributed by atoms with Gasteiger partial charge in [-0.25, -0.2) is 12.8 Å². The van der Waals surface area contributed by atoms with Crippen molar-refractivity contribution in [2.75, 3.05) is 26.2 Å². The summed E-state index contributed by atoms with van der Waals surface area (Å²) in [5, 5.41) is 0. The Hall–Kier alpha value is -2.25. The lowest BCUT2D eigenvalue weighted by Crippen LogP contribution is -2.50. The minimum absolute atomic E-state index is 0.0498. The lowest BCUT2D eigenvalue weighted by atomic mass is 10.1. The molecule has 1 amide bonds. The number of benzene rings is 2. The summed E-state index contributed by atoms with van der Waals surface area (Å²) in [5.41, 5.74) is 1.20. The smallest absolute Gasteiger partial charge is 0.243 e. The van der Waals surface area contributed by atoms with E-state index in [2.05, 4.69) is 0 Å². The molecule has 1 aliphatic heterocycles. The Bertz CT molecular complexity index is 879. The predicted molar refractivity (Wildman–Crippen MR) is 101 cm³/mol. The molecule has 1 fully saturated rings. The van der Waals surface area contributed by atoms with Crippen molar-refractivity contribution in [1.82, 2.24) is 9.21 Å². The topological polar surface area (TPSA) is 57.7 Å². The van der Waals surface area contributed by atoms with Gasteiger partial charge in [-0.3, -0.25) is 4.79 Å². The van der Waals surface area contributed by atoms with Crippen LogP contribution in [0.5, 0.6) is 0 Å². The first-order valence-corrected chi connectivity index (χ1v) is 10.5. The molecule has 0 unspecified atom stereocenters. The maximum absolute atomic E-state index is 13.3. The van der Waals surface area contributed by atoms with Crippen LogP contribution in [0.15, 0.2) is 59.5 Å². The van der Waals surface area contributed by atoms with Gasteiger partial charge in [-0.2, -0.15) is 4.31 Å². The molecule has 5 nitrogen and oxygen atoms in total. The highest BCUT2D eigenvalue weighted by atomic mass is 32.2. The number of piperazine rings is 1. The summed E-state index contributed by atoms with van der Waals surface area (Å²) in [6.45, 7) is 1.17. The number of hydrogen-bond donors (Lipinski definition) is 0. The number of halogens is 1. The quantitative estimate of drug-likeness (QED) is 0.762. The maximum atomic E-state index is 13.3. The van der Waals surface area contributed by atoms with Crippen molar-refractivity contribution in [2.45, 2.75) is 24.2 Å². The average molecular weight is 390 g/mol. The third-order valence-electron chi connectivity index (χ3n) is 4.72. The average Bonchev–Trinajstić information content (AvgIpc) is 2.69. The van der Waals surface area contributed by atoms with Gasteiger partial charge in [0.15, 0.2) is 0 Å². The van der Waals surface area contributed by atoms with Gasteiger partial charge in [-0.15, -0.1) is 0 Å². The Morgan fingerprint density at radius 3 is 2.33 bits per heavy atom. The third-order valence-corrected chi connectivity index (χ3v) is 6.62. The second-order valence-electron chi connectivity index (χ2n) is 6.58. The molecule has 27 heavy (non-hydrogen) atoms. The van der Waals surface area contributed by atoms with Crippen LogP contribution in [-0.4, -0.2) is 49.7 Å². The van der Waals surface area contributed by atoms with Gasteiger partial charge in [0.2, 0.25) is 15.9 Å². The molecule has 144 valence electrons. The van der Waals surface area contributed by atoms with Crippen molar-refractivity contribution in [2.24, 2.45) is 0 Å². The van der Waals surface area contributed by atoms with E-state index in [9.17, 15) is 17.6 Å². The molecule has 0 aliphatic carbocycles. The molecule has 0 radical (unpaired) electrons. The van der Waals surface area contributed by atoms with E-state index >= 15 is 0 Å². The zero-order valence-electron chi connectivity index (χ0n) is 15.1. The highest BCUT2D eigenvalue weighted by Crippen LogP contribution is 2.19. The van der Waals surface area contributed by atoms with Gasteiger partial charge in [-0.1, -0.05) is 36.4 Å². The summed E-state index contributed by atoms with van der Waals surface area (Å²) < 4.78 is 39.9. The second kappa shape index (κ2) is 8.63. The summed E-state index contributed by atoms with van der Waals surface area (Å²) in [5.74, 6) is -0.531. The summed E-state index contributed by atoms with van der Waals surface area (Å²) in [4.78, 5) is 14.0. The van der Waals surface area contributed by atoms with Crippen LogP contribution >= 0.6 is 0 Å². The molecule has 3 rings (SSSR count). The standard InChI is InChI=1S/C20H23FN2O3S/c21-18-9-5-10-19(16-18)27(25,26)23-14-12-22(13-15-23)20(24)11-4-8-17-6-2-1-3-7-17/h1-3,5-7,9-10,16H,4,8,11-15H2. The van der Waals surface area contributed by atoms with E-state index in [-0.39, 0.29) is 23.9 Å². The predicted octanol–water partition coefficient (Wildman–Crippen LogP) is 2.68. The van der Waals surface area contributed by atoms with Crippen molar-refractivity contribution >= 4 is 15.9 Å². The van der Waals surface area contributed by atoms with E-state index in [0.29, 0.717) is 19.5 Å². The van der Waals surface area contributed by atoms with E-state index in [1.54, 1.807) is 4.90 Å². The van der Waals surface area contributed by atoms with Crippen molar-refractivity contribution in [3.63, 3.8) is 0 Å². The van der Waals surface area contributed by atoms with Gasteiger partial charge in [0.05, 0.1) is 4.90 Å². The van der Waals surface area contributed by atoms with Crippen LogP contribution in [0.1, 0.15) is 18.4 Å². The molecule has 2 aromatic rings. The molecule has 0 spiro atoms. The zero-order chi connectivity index (χ0) is 19.3.